The van der Waals surface area contributed by atoms with Gasteiger partial charge >= 0.3 is 0 Å². The summed E-state index contributed by atoms with van der Waals surface area (Å²) in [5, 5.41) is 21.0. The average Bonchev–Trinajstić information content (AvgIpc) is 2.71. The standard InChI is InChI=1S/6C2H6.CH5N.3CH4O.3CH4.7H3N.16H2O/c10*1-2;;;;;;;;;;;;;;;;;;;;;;;;;;/h6*1-2H3;2H2,1H3;3*2H,1H3;3*1H4;7*1H3;16*1H2. The van der Waals surface area contributed by atoms with Crippen LogP contribution in [-0.2, 0) is 0 Å². The Morgan fingerprint density at radius 1 is 0.196 bits per heavy atom. The lowest BCUT2D eigenvalue weighted by molar-refractivity contribution is 0.399. The predicted octanol–water partition coefficient (Wildman–Crippen LogP) is -5.60. The summed E-state index contributed by atoms with van der Waals surface area (Å²) >= 11 is 0. The quantitative estimate of drug-likeness (QED) is 0.110. The van der Waals surface area contributed by atoms with E-state index in [1.54, 1.807) is 0 Å². The van der Waals surface area contributed by atoms with Crippen LogP contribution in [0.2, 0.25) is 0 Å². The fourth-order valence-electron chi connectivity index (χ4n) is 0. The first-order chi connectivity index (χ1) is 10.0. The third-order valence-electron chi connectivity index (χ3n) is 0. The molecule has 0 aromatic heterocycles. The SMILES string of the molecule is C.C.C.CC.CC.CC.CC.CC.CC.CN.CO.CO.CO.N.N.N.N.N.N.N.O.O.O.O.O.O.O.O.O.O.O.O.O.O.O.O. The van der Waals surface area contributed by atoms with Crippen molar-refractivity contribution in [3.05, 3.63) is 0 Å². The fourth-order valence-corrected chi connectivity index (χ4v) is 0. The lowest BCUT2D eigenvalue weighted by Gasteiger charge is -1.21. The van der Waals surface area contributed by atoms with Gasteiger partial charge in [-0.1, -0.05) is 105 Å². The molecule has 0 spiro atoms. The van der Waals surface area contributed by atoms with E-state index in [9.17, 15) is 0 Å². The van der Waals surface area contributed by atoms with Crippen molar-refractivity contribution in [3.8, 4) is 0 Å². The molecule has 0 saturated carbocycles. The van der Waals surface area contributed by atoms with E-state index in [1.807, 2.05) is 83.1 Å². The number of aliphatic hydroxyl groups is 3. The van der Waals surface area contributed by atoms with Crippen LogP contribution in [-0.4, -0.2) is 131 Å². The lowest BCUT2D eigenvalue weighted by atomic mass is 11.0. The van der Waals surface area contributed by atoms with E-state index < -0.39 is 0 Å². The summed E-state index contributed by atoms with van der Waals surface area (Å²) in [5.74, 6) is 0. The van der Waals surface area contributed by atoms with Gasteiger partial charge in [0.2, 0.25) is 0 Å². The van der Waals surface area contributed by atoms with Crippen LogP contribution in [0.25, 0.3) is 0 Å². The summed E-state index contributed by atoms with van der Waals surface area (Å²) in [4.78, 5) is 0. The van der Waals surface area contributed by atoms with Crippen molar-refractivity contribution >= 4 is 0 Å². The van der Waals surface area contributed by atoms with E-state index in [0.29, 0.717) is 0 Å². The zero-order chi connectivity index (χ0) is 20.0. The van der Waals surface area contributed by atoms with Gasteiger partial charge in [0.05, 0.1) is 0 Å². The molecule has 0 rings (SSSR count). The third kappa shape index (κ3) is 64700. The Labute approximate surface area is 286 Å². The monoisotopic (exact) mass is 763 g/mol. The van der Waals surface area contributed by atoms with Gasteiger partial charge in [0.25, 0.3) is 0 Å². The average molecular weight is 763 g/mol. The highest BCUT2D eigenvalue weighted by atomic mass is 16.2. The molecule has 58 N–H and O–H groups in total. The molecule has 0 saturated heterocycles. The maximum Gasteiger partial charge on any atom is 0.0319 e. The van der Waals surface area contributed by atoms with Crippen molar-refractivity contribution < 1.29 is 103 Å². The van der Waals surface area contributed by atoms with Gasteiger partial charge in [0.15, 0.2) is 0 Å². The van der Waals surface area contributed by atoms with E-state index in [2.05, 4.69) is 5.73 Å². The Morgan fingerprint density at radius 3 is 0.196 bits per heavy atom. The summed E-state index contributed by atoms with van der Waals surface area (Å²) in [5.41, 5.74) is 4.50. The minimum Gasteiger partial charge on any atom is -0.412 e. The van der Waals surface area contributed by atoms with Gasteiger partial charge in [-0.25, -0.2) is 0 Å². The van der Waals surface area contributed by atoms with E-state index in [4.69, 9.17) is 15.3 Å². The molecule has 27 nitrogen and oxygen atoms in total. The number of hydrogen-bond donors (Lipinski definition) is 11. The van der Waals surface area contributed by atoms with Crippen LogP contribution in [0, 0.1) is 0 Å². The van der Waals surface area contributed by atoms with Gasteiger partial charge in [0.1, 0.15) is 0 Å². The van der Waals surface area contributed by atoms with Crippen molar-refractivity contribution in [1.29, 1.82) is 0 Å². The molecular formula is C19H118N8O19. The summed E-state index contributed by atoms with van der Waals surface area (Å²) in [7, 11) is 4.50. The van der Waals surface area contributed by atoms with E-state index in [-0.39, 0.29) is 153 Å². The van der Waals surface area contributed by atoms with Gasteiger partial charge < -0.3 is 152 Å². The molecule has 0 amide bonds. The molecule has 0 bridgehead atoms. The van der Waals surface area contributed by atoms with Crippen LogP contribution in [0.3, 0.4) is 0 Å². The Morgan fingerprint density at radius 2 is 0.196 bits per heavy atom. The molecular weight excluding hydrogens is 644 g/mol. The molecule has 0 aromatic rings. The fraction of sp³-hybridized carbons (Fsp3) is 1.00. The normalized spacial score (nSPS) is 1.30. The first-order valence-electron chi connectivity index (χ1n) is 7.92. The summed E-state index contributed by atoms with van der Waals surface area (Å²) < 4.78 is 0. The Bertz CT molecular complexity index is 68.7. The highest BCUT2D eigenvalue weighted by molar-refractivity contribution is 3.54. The Hall–Kier alpha value is -1.08. The highest BCUT2D eigenvalue weighted by Crippen LogP contribution is 1.15. The van der Waals surface area contributed by atoms with Crippen LogP contribution >= 0.6 is 0 Å². The molecule has 0 fully saturated rings. The van der Waals surface area contributed by atoms with Crippen LogP contribution in [0.15, 0.2) is 0 Å². The molecule has 0 aliphatic carbocycles. The van der Waals surface area contributed by atoms with E-state index in [1.165, 1.54) is 7.05 Å². The van der Waals surface area contributed by atoms with Crippen LogP contribution in [0.4, 0.5) is 0 Å². The molecule has 0 aromatic carbocycles. The molecule has 46 heavy (non-hydrogen) atoms. The van der Waals surface area contributed by atoms with Gasteiger partial charge in [-0.15, -0.1) is 0 Å². The van der Waals surface area contributed by atoms with Crippen molar-refractivity contribution in [2.24, 2.45) is 5.73 Å². The van der Waals surface area contributed by atoms with Crippen LogP contribution < -0.4 is 48.8 Å². The third-order valence-corrected chi connectivity index (χ3v) is 0. The summed E-state index contributed by atoms with van der Waals surface area (Å²) in [6.07, 6.45) is 0. The van der Waals surface area contributed by atoms with E-state index in [0.717, 1.165) is 21.3 Å². The smallest absolute Gasteiger partial charge is 0.0319 e. The zero-order valence-corrected chi connectivity index (χ0v) is 30.9. The molecule has 0 aliphatic heterocycles. The first-order valence-corrected chi connectivity index (χ1v) is 7.92. The van der Waals surface area contributed by atoms with Crippen molar-refractivity contribution in [2.45, 2.75) is 105 Å². The van der Waals surface area contributed by atoms with Gasteiger partial charge in [0, 0.05) is 21.3 Å². The predicted molar refractivity (Wildman–Crippen MR) is 216 cm³/mol. The van der Waals surface area contributed by atoms with Crippen LogP contribution in [0.1, 0.15) is 105 Å². The second-order valence-electron chi connectivity index (χ2n) is 0. The number of rotatable bonds is 0. The lowest BCUT2D eigenvalue weighted by Crippen LogP contribution is -1.69. The molecule has 0 unspecified atom stereocenters. The molecule has 27 heteroatoms. The van der Waals surface area contributed by atoms with Crippen LogP contribution in [0.5, 0.6) is 0 Å². The minimum atomic E-state index is 0. The number of aliphatic hydroxyl groups excluding tert-OH is 3. The molecule has 0 atom stereocenters. The maximum atomic E-state index is 7.00. The second kappa shape index (κ2) is 69400. The maximum absolute atomic E-state index is 7.00. The summed E-state index contributed by atoms with van der Waals surface area (Å²) in [6.45, 7) is 24.0. The Kier molecular flexibility index (Phi) is 1640000. The second-order valence-corrected chi connectivity index (χ2v) is 0. The van der Waals surface area contributed by atoms with Crippen molar-refractivity contribution in [3.63, 3.8) is 0 Å². The largest absolute Gasteiger partial charge is 0.412 e. The zero-order valence-electron chi connectivity index (χ0n) is 30.9. The number of hydrogen-bond acceptors (Lipinski definition) is 11. The van der Waals surface area contributed by atoms with Gasteiger partial charge in [-0.05, 0) is 7.05 Å². The molecule has 0 aliphatic rings. The molecule has 0 radical (unpaired) electrons. The van der Waals surface area contributed by atoms with Crippen molar-refractivity contribution in [1.82, 2.24) is 43.1 Å². The highest BCUT2D eigenvalue weighted by Gasteiger charge is 0.943. The van der Waals surface area contributed by atoms with E-state index >= 15 is 0 Å². The van der Waals surface area contributed by atoms with Crippen molar-refractivity contribution in [2.75, 3.05) is 28.4 Å². The number of nitrogens with two attached hydrogens (primary N) is 1. The molecule has 0 heterocycles. The Balaban J connectivity index is -0.000000000668. The van der Waals surface area contributed by atoms with Gasteiger partial charge in [-0.3, -0.25) is 0 Å². The first kappa shape index (κ1) is 1090. The summed E-state index contributed by atoms with van der Waals surface area (Å²) in [6, 6.07) is 0. The topological polar surface area (TPSA) is 836 Å². The van der Waals surface area contributed by atoms with Gasteiger partial charge in [-0.2, -0.15) is 0 Å². The minimum absolute atomic E-state index is 0. The molecule has 348 valence electrons.